The van der Waals surface area contributed by atoms with Gasteiger partial charge >= 0.3 is 5.97 Å². The summed E-state index contributed by atoms with van der Waals surface area (Å²) in [6.07, 6.45) is 0.671. The standard InChI is InChI=1S/C18H23FN4O3/c1-4-11(2)17(18(25)26)20-10-16(24)21-15-9-12(3)22-23(15)14-8-6-5-7-13(14)19/h5-9,11,17,20H,4,10H2,1-3H3,(H,21,24)(H,25,26)/t11-,17-/m0/s1. The van der Waals surface area contributed by atoms with Crippen LogP contribution < -0.4 is 10.6 Å². The molecule has 2 atom stereocenters. The topological polar surface area (TPSA) is 96.3 Å². The van der Waals surface area contributed by atoms with E-state index in [2.05, 4.69) is 15.7 Å². The highest BCUT2D eigenvalue weighted by Crippen LogP contribution is 2.19. The average molecular weight is 362 g/mol. The number of nitrogens with zero attached hydrogens (tertiary/aromatic N) is 2. The Morgan fingerprint density at radius 3 is 2.65 bits per heavy atom. The van der Waals surface area contributed by atoms with Gasteiger partial charge in [-0.15, -0.1) is 0 Å². The molecule has 0 fully saturated rings. The summed E-state index contributed by atoms with van der Waals surface area (Å²) in [4.78, 5) is 23.5. The largest absolute Gasteiger partial charge is 0.480 e. The van der Waals surface area contributed by atoms with Crippen molar-refractivity contribution in [1.82, 2.24) is 15.1 Å². The summed E-state index contributed by atoms with van der Waals surface area (Å²) >= 11 is 0. The van der Waals surface area contributed by atoms with E-state index in [1.54, 1.807) is 38.1 Å². The first-order valence-corrected chi connectivity index (χ1v) is 8.41. The Morgan fingerprint density at radius 2 is 2.04 bits per heavy atom. The Kier molecular flexibility index (Phi) is 6.46. The molecule has 0 bridgehead atoms. The maximum atomic E-state index is 14.0. The van der Waals surface area contributed by atoms with E-state index in [4.69, 9.17) is 0 Å². The summed E-state index contributed by atoms with van der Waals surface area (Å²) in [5.41, 5.74) is 0.825. The van der Waals surface area contributed by atoms with Gasteiger partial charge in [0.2, 0.25) is 5.91 Å². The van der Waals surface area contributed by atoms with Crippen molar-refractivity contribution < 1.29 is 19.1 Å². The van der Waals surface area contributed by atoms with Crippen molar-refractivity contribution >= 4 is 17.7 Å². The average Bonchev–Trinajstić information content (AvgIpc) is 2.94. The van der Waals surface area contributed by atoms with E-state index in [1.807, 2.05) is 6.92 Å². The Balaban J connectivity index is 2.11. The molecule has 7 nitrogen and oxygen atoms in total. The zero-order valence-corrected chi connectivity index (χ0v) is 15.0. The first-order chi connectivity index (χ1) is 12.3. The molecule has 2 aromatic rings. The summed E-state index contributed by atoms with van der Waals surface area (Å²) in [5, 5.41) is 18.9. The second-order valence-electron chi connectivity index (χ2n) is 6.16. The van der Waals surface area contributed by atoms with Gasteiger partial charge in [0.1, 0.15) is 23.4 Å². The number of carbonyl (C=O) groups excluding carboxylic acids is 1. The number of aryl methyl sites for hydroxylation is 1. The number of para-hydroxylation sites is 1. The third-order valence-corrected chi connectivity index (χ3v) is 4.14. The number of carbonyl (C=O) groups is 2. The lowest BCUT2D eigenvalue weighted by Gasteiger charge is -2.20. The highest BCUT2D eigenvalue weighted by atomic mass is 19.1. The van der Waals surface area contributed by atoms with Crippen molar-refractivity contribution in [3.8, 4) is 5.69 Å². The lowest BCUT2D eigenvalue weighted by Crippen LogP contribution is -2.45. The van der Waals surface area contributed by atoms with Crippen molar-refractivity contribution in [2.45, 2.75) is 33.2 Å². The second-order valence-corrected chi connectivity index (χ2v) is 6.16. The molecule has 0 aliphatic rings. The predicted octanol–water partition coefficient (Wildman–Crippen LogP) is 2.35. The van der Waals surface area contributed by atoms with Crippen LogP contribution in [-0.2, 0) is 9.59 Å². The molecule has 0 saturated heterocycles. The van der Waals surface area contributed by atoms with Crippen LogP contribution in [0.5, 0.6) is 0 Å². The van der Waals surface area contributed by atoms with Crippen molar-refractivity contribution in [2.24, 2.45) is 5.92 Å². The molecule has 0 spiro atoms. The van der Waals surface area contributed by atoms with Crippen LogP contribution >= 0.6 is 0 Å². The van der Waals surface area contributed by atoms with Crippen LogP contribution in [0.4, 0.5) is 10.2 Å². The molecule has 8 heteroatoms. The Labute approximate surface area is 151 Å². The van der Waals surface area contributed by atoms with Crippen molar-refractivity contribution in [3.63, 3.8) is 0 Å². The Morgan fingerprint density at radius 1 is 1.35 bits per heavy atom. The van der Waals surface area contributed by atoms with Crippen LogP contribution in [0.3, 0.4) is 0 Å². The van der Waals surface area contributed by atoms with Gasteiger partial charge in [0.15, 0.2) is 0 Å². The SMILES string of the molecule is CC[C@H](C)[C@H](NCC(=O)Nc1cc(C)nn1-c1ccccc1F)C(=O)O. The van der Waals surface area contributed by atoms with Gasteiger partial charge in [-0.25, -0.2) is 9.07 Å². The number of aromatic nitrogens is 2. The quantitative estimate of drug-likeness (QED) is 0.670. The van der Waals surface area contributed by atoms with Crippen LogP contribution in [-0.4, -0.2) is 39.4 Å². The van der Waals surface area contributed by atoms with Crippen LogP contribution in [0.25, 0.3) is 5.69 Å². The van der Waals surface area contributed by atoms with Crippen LogP contribution in [0, 0.1) is 18.7 Å². The number of anilines is 1. The van der Waals surface area contributed by atoms with Gasteiger partial charge in [-0.1, -0.05) is 32.4 Å². The van der Waals surface area contributed by atoms with Gasteiger partial charge in [-0.3, -0.25) is 14.9 Å². The molecule has 1 aromatic heterocycles. The fourth-order valence-corrected chi connectivity index (χ4v) is 2.55. The van der Waals surface area contributed by atoms with E-state index in [9.17, 15) is 19.1 Å². The van der Waals surface area contributed by atoms with E-state index in [0.717, 1.165) is 0 Å². The predicted molar refractivity (Wildman–Crippen MR) is 95.8 cm³/mol. The summed E-state index contributed by atoms with van der Waals surface area (Å²) in [6, 6.07) is 6.91. The number of carboxylic acid groups (broad SMARTS) is 1. The summed E-state index contributed by atoms with van der Waals surface area (Å²) in [6.45, 7) is 5.25. The van der Waals surface area contributed by atoms with Gasteiger partial charge in [0, 0.05) is 6.07 Å². The molecule has 3 N–H and O–H groups in total. The summed E-state index contributed by atoms with van der Waals surface area (Å²) < 4.78 is 15.3. The molecule has 1 aromatic carbocycles. The Hall–Kier alpha value is -2.74. The monoisotopic (exact) mass is 362 g/mol. The van der Waals surface area contributed by atoms with Gasteiger partial charge in [0.05, 0.1) is 12.2 Å². The minimum atomic E-state index is -1.00. The van der Waals surface area contributed by atoms with E-state index in [-0.39, 0.29) is 18.2 Å². The maximum absolute atomic E-state index is 14.0. The van der Waals surface area contributed by atoms with Crippen molar-refractivity contribution in [1.29, 1.82) is 0 Å². The molecule has 0 aliphatic carbocycles. The number of carboxylic acids is 1. The third-order valence-electron chi connectivity index (χ3n) is 4.14. The number of rotatable bonds is 8. The van der Waals surface area contributed by atoms with Crippen LogP contribution in [0.15, 0.2) is 30.3 Å². The number of aliphatic carboxylic acids is 1. The fraction of sp³-hybridized carbons (Fsp3) is 0.389. The van der Waals surface area contributed by atoms with Gasteiger partial charge in [-0.05, 0) is 25.0 Å². The molecule has 1 amide bonds. The number of hydrogen-bond acceptors (Lipinski definition) is 4. The maximum Gasteiger partial charge on any atom is 0.320 e. The highest BCUT2D eigenvalue weighted by molar-refractivity contribution is 5.92. The smallest absolute Gasteiger partial charge is 0.320 e. The molecule has 1 heterocycles. The molecule has 0 aliphatic heterocycles. The Bertz CT molecular complexity index is 790. The minimum Gasteiger partial charge on any atom is -0.480 e. The van der Waals surface area contributed by atoms with E-state index < -0.39 is 23.7 Å². The molecule has 26 heavy (non-hydrogen) atoms. The molecule has 0 radical (unpaired) electrons. The molecular weight excluding hydrogens is 339 g/mol. The van der Waals surface area contributed by atoms with Crippen molar-refractivity contribution in [3.05, 3.63) is 41.8 Å². The number of halogens is 1. The van der Waals surface area contributed by atoms with Gasteiger partial charge < -0.3 is 10.4 Å². The van der Waals surface area contributed by atoms with Crippen LogP contribution in [0.1, 0.15) is 26.0 Å². The van der Waals surface area contributed by atoms with E-state index in [0.29, 0.717) is 17.9 Å². The lowest BCUT2D eigenvalue weighted by atomic mass is 9.99. The minimum absolute atomic E-state index is 0.119. The van der Waals surface area contributed by atoms with Gasteiger partial charge in [0.25, 0.3) is 0 Å². The molecule has 2 rings (SSSR count). The van der Waals surface area contributed by atoms with E-state index >= 15 is 0 Å². The first kappa shape index (κ1) is 19.6. The third kappa shape index (κ3) is 4.66. The normalized spacial score (nSPS) is 13.2. The number of benzene rings is 1. The zero-order chi connectivity index (χ0) is 19.3. The summed E-state index contributed by atoms with van der Waals surface area (Å²) in [7, 11) is 0. The van der Waals surface area contributed by atoms with Gasteiger partial charge in [-0.2, -0.15) is 5.10 Å². The number of hydrogen-bond donors (Lipinski definition) is 3. The van der Waals surface area contributed by atoms with Crippen LogP contribution in [0.2, 0.25) is 0 Å². The molecule has 0 unspecified atom stereocenters. The summed E-state index contributed by atoms with van der Waals surface area (Å²) in [5.74, 6) is -1.70. The lowest BCUT2D eigenvalue weighted by molar-refractivity contribution is -0.140. The molecule has 140 valence electrons. The fourth-order valence-electron chi connectivity index (χ4n) is 2.55. The second kappa shape index (κ2) is 8.57. The molecular formula is C18H23FN4O3. The molecule has 0 saturated carbocycles. The first-order valence-electron chi connectivity index (χ1n) is 8.41. The number of nitrogens with one attached hydrogen (secondary N) is 2. The zero-order valence-electron chi connectivity index (χ0n) is 15.0. The number of amides is 1. The highest BCUT2D eigenvalue weighted by Gasteiger charge is 2.24. The van der Waals surface area contributed by atoms with Crippen molar-refractivity contribution in [2.75, 3.05) is 11.9 Å². The van der Waals surface area contributed by atoms with E-state index in [1.165, 1.54) is 10.7 Å².